The van der Waals surface area contributed by atoms with Gasteiger partial charge < -0.3 is 5.73 Å². The summed E-state index contributed by atoms with van der Waals surface area (Å²) in [5.41, 5.74) is 6.47. The van der Waals surface area contributed by atoms with Crippen LogP contribution in [0.15, 0.2) is 32.7 Å². The van der Waals surface area contributed by atoms with Crippen molar-refractivity contribution in [3.05, 3.63) is 55.7 Å². The van der Waals surface area contributed by atoms with Crippen molar-refractivity contribution in [1.82, 2.24) is 9.55 Å². The highest BCUT2D eigenvalue weighted by molar-refractivity contribution is 8.00. The number of hydrogen-bond acceptors (Lipinski definition) is 5. The Hall–Kier alpha value is -2.28. The number of rotatable bonds is 4. The van der Waals surface area contributed by atoms with Crippen molar-refractivity contribution in [2.45, 2.75) is 18.7 Å². The van der Waals surface area contributed by atoms with Crippen molar-refractivity contribution in [3.63, 3.8) is 0 Å². The molecule has 3 N–H and O–H groups in total. The molecule has 22 heavy (non-hydrogen) atoms. The second-order valence-corrected chi connectivity index (χ2v) is 6.09. The summed E-state index contributed by atoms with van der Waals surface area (Å²) in [4.78, 5) is 38.4. The van der Waals surface area contributed by atoms with Crippen LogP contribution in [-0.4, -0.2) is 21.1 Å². The predicted octanol–water partition coefficient (Wildman–Crippen LogP) is 1.25. The first-order valence-corrected chi connectivity index (χ1v) is 7.62. The number of carbonyl (C=O) groups excluding carboxylic acids is 1. The van der Waals surface area contributed by atoms with E-state index in [2.05, 4.69) is 4.98 Å². The number of nitrogens with two attached hydrogens (primary N) is 1. The molecule has 6 nitrogen and oxygen atoms in total. The molecule has 0 atom stereocenters. The zero-order valence-electron chi connectivity index (χ0n) is 12.6. The van der Waals surface area contributed by atoms with E-state index in [1.54, 1.807) is 0 Å². The van der Waals surface area contributed by atoms with Crippen LogP contribution < -0.4 is 17.0 Å². The molecule has 0 saturated heterocycles. The summed E-state index contributed by atoms with van der Waals surface area (Å²) >= 11 is 1.33. The molecule has 0 aliphatic carbocycles. The average molecular weight is 319 g/mol. The number of aryl methyl sites for hydroxylation is 2. The minimum Gasteiger partial charge on any atom is -0.384 e. The van der Waals surface area contributed by atoms with Crippen molar-refractivity contribution in [2.75, 3.05) is 11.5 Å². The molecule has 0 saturated carbocycles. The smallest absolute Gasteiger partial charge is 0.329 e. The summed E-state index contributed by atoms with van der Waals surface area (Å²) in [6.07, 6.45) is 0. The van der Waals surface area contributed by atoms with Gasteiger partial charge >= 0.3 is 5.69 Å². The van der Waals surface area contributed by atoms with Crippen LogP contribution in [-0.2, 0) is 7.05 Å². The Morgan fingerprint density at radius 1 is 1.27 bits per heavy atom. The highest BCUT2D eigenvalue weighted by atomic mass is 32.2. The summed E-state index contributed by atoms with van der Waals surface area (Å²) < 4.78 is 1.05. The number of aromatic nitrogens is 2. The minimum absolute atomic E-state index is 0.0774. The minimum atomic E-state index is -0.744. The molecule has 0 aliphatic rings. The molecule has 2 rings (SSSR count). The van der Waals surface area contributed by atoms with Crippen molar-refractivity contribution >= 4 is 23.4 Å². The van der Waals surface area contributed by atoms with Gasteiger partial charge in [0.05, 0.1) is 5.75 Å². The second-order valence-electron chi connectivity index (χ2n) is 5.04. The molecule has 116 valence electrons. The van der Waals surface area contributed by atoms with Crippen LogP contribution in [0.2, 0.25) is 0 Å². The van der Waals surface area contributed by atoms with Crippen molar-refractivity contribution in [2.24, 2.45) is 7.05 Å². The highest BCUT2D eigenvalue weighted by Crippen LogP contribution is 2.22. The number of aromatic amines is 1. The largest absolute Gasteiger partial charge is 0.384 e. The molecule has 2 aromatic rings. The van der Waals surface area contributed by atoms with Crippen LogP contribution in [0.4, 0.5) is 5.82 Å². The maximum absolute atomic E-state index is 12.2. The van der Waals surface area contributed by atoms with Gasteiger partial charge in [-0.2, -0.15) is 0 Å². The number of nitrogens with one attached hydrogen (secondary N) is 1. The number of nitrogens with zero attached hydrogens (tertiary/aromatic N) is 1. The van der Waals surface area contributed by atoms with E-state index in [0.29, 0.717) is 0 Å². The molecular formula is C15H17N3O3S. The lowest BCUT2D eigenvalue weighted by Gasteiger charge is -2.08. The van der Waals surface area contributed by atoms with Gasteiger partial charge in [-0.15, -0.1) is 11.8 Å². The summed E-state index contributed by atoms with van der Waals surface area (Å²) in [7, 11) is 1.40. The first-order chi connectivity index (χ1) is 10.3. The van der Waals surface area contributed by atoms with Gasteiger partial charge in [0.15, 0.2) is 5.78 Å². The van der Waals surface area contributed by atoms with Gasteiger partial charge in [0, 0.05) is 11.9 Å². The number of benzene rings is 1. The number of ketones is 1. The Labute approximate surface area is 131 Å². The zero-order chi connectivity index (χ0) is 16.4. The van der Waals surface area contributed by atoms with Gasteiger partial charge in [0.1, 0.15) is 11.4 Å². The van der Waals surface area contributed by atoms with E-state index in [1.807, 2.05) is 32.0 Å². The molecule has 1 aromatic carbocycles. The van der Waals surface area contributed by atoms with E-state index in [9.17, 15) is 14.4 Å². The Morgan fingerprint density at radius 3 is 2.59 bits per heavy atom. The maximum atomic E-state index is 12.2. The van der Waals surface area contributed by atoms with E-state index in [1.165, 1.54) is 24.4 Å². The zero-order valence-corrected chi connectivity index (χ0v) is 13.4. The lowest BCUT2D eigenvalue weighted by atomic mass is 10.1. The predicted molar refractivity (Wildman–Crippen MR) is 87.7 cm³/mol. The van der Waals surface area contributed by atoms with E-state index in [0.717, 1.165) is 15.0 Å². The third-order valence-corrected chi connectivity index (χ3v) is 4.49. The number of H-pyrrole nitrogens is 1. The fourth-order valence-electron chi connectivity index (χ4n) is 1.93. The van der Waals surface area contributed by atoms with Crippen LogP contribution in [0.1, 0.15) is 21.5 Å². The highest BCUT2D eigenvalue weighted by Gasteiger charge is 2.18. The van der Waals surface area contributed by atoms with Crippen LogP contribution in [0, 0.1) is 13.8 Å². The lowest BCUT2D eigenvalue weighted by Crippen LogP contribution is -2.35. The Balaban J connectivity index is 2.23. The first kappa shape index (κ1) is 16.1. The third-order valence-electron chi connectivity index (χ3n) is 3.50. The number of anilines is 1. The monoisotopic (exact) mass is 319 g/mol. The number of nitrogen functional groups attached to an aromatic ring is 1. The van der Waals surface area contributed by atoms with Crippen LogP contribution >= 0.6 is 11.8 Å². The molecule has 7 heteroatoms. The van der Waals surface area contributed by atoms with Crippen LogP contribution in [0.3, 0.4) is 0 Å². The van der Waals surface area contributed by atoms with E-state index >= 15 is 0 Å². The van der Waals surface area contributed by atoms with E-state index in [4.69, 9.17) is 5.73 Å². The summed E-state index contributed by atoms with van der Waals surface area (Å²) in [6.45, 7) is 4.01. The van der Waals surface area contributed by atoms with Gasteiger partial charge in [-0.05, 0) is 37.1 Å². The first-order valence-electron chi connectivity index (χ1n) is 6.63. The van der Waals surface area contributed by atoms with Gasteiger partial charge in [-0.1, -0.05) is 6.07 Å². The average Bonchev–Trinajstić information content (AvgIpc) is 2.46. The van der Waals surface area contributed by atoms with Crippen molar-refractivity contribution in [1.29, 1.82) is 0 Å². The van der Waals surface area contributed by atoms with Gasteiger partial charge in [0.2, 0.25) is 0 Å². The van der Waals surface area contributed by atoms with Crippen molar-refractivity contribution < 1.29 is 4.79 Å². The standard InChI is InChI=1S/C15H17N3O3S/c1-8-4-5-10(6-9(8)2)22-7-11(19)12-13(16)18(3)15(21)17-14(12)20/h4-6H,7,16H2,1-3H3,(H,17,20,21). The molecule has 1 aromatic heterocycles. The Morgan fingerprint density at radius 2 is 1.95 bits per heavy atom. The fourth-order valence-corrected chi connectivity index (χ4v) is 2.80. The van der Waals surface area contributed by atoms with Gasteiger partial charge in [0.25, 0.3) is 5.56 Å². The van der Waals surface area contributed by atoms with Gasteiger partial charge in [-0.25, -0.2) is 4.79 Å². The topological polar surface area (TPSA) is 97.9 Å². The van der Waals surface area contributed by atoms with Gasteiger partial charge in [-0.3, -0.25) is 19.1 Å². The summed E-state index contributed by atoms with van der Waals surface area (Å²) in [5, 5.41) is 0. The lowest BCUT2D eigenvalue weighted by molar-refractivity contribution is 0.102. The molecule has 0 fully saturated rings. The Bertz CT molecular complexity index is 852. The number of hydrogen-bond donors (Lipinski definition) is 2. The third kappa shape index (κ3) is 3.14. The summed E-state index contributed by atoms with van der Waals surface area (Å²) in [6, 6.07) is 5.89. The fraction of sp³-hybridized carbons (Fsp3) is 0.267. The molecule has 0 radical (unpaired) electrons. The Kier molecular flexibility index (Phi) is 4.56. The molecule has 0 aliphatic heterocycles. The number of Topliss-reactive ketones (excluding diaryl/α,β-unsaturated/α-hetero) is 1. The molecular weight excluding hydrogens is 302 g/mol. The summed E-state index contributed by atoms with van der Waals surface area (Å²) in [5.74, 6) is -0.439. The molecule has 0 unspecified atom stereocenters. The van der Waals surface area contributed by atoms with E-state index < -0.39 is 17.0 Å². The quantitative estimate of drug-likeness (QED) is 0.653. The normalized spacial score (nSPS) is 10.7. The second kappa shape index (κ2) is 6.23. The van der Waals surface area contributed by atoms with E-state index in [-0.39, 0.29) is 17.1 Å². The molecule has 1 heterocycles. The molecule has 0 amide bonds. The number of carbonyl (C=O) groups is 1. The SMILES string of the molecule is Cc1ccc(SCC(=O)c2c(N)n(C)c(=O)[nH]c2=O)cc1C. The van der Waals surface area contributed by atoms with Crippen LogP contribution in [0.25, 0.3) is 0 Å². The van der Waals surface area contributed by atoms with Crippen molar-refractivity contribution in [3.8, 4) is 0 Å². The maximum Gasteiger partial charge on any atom is 0.329 e. The molecule has 0 spiro atoms. The molecule has 0 bridgehead atoms. The number of thioether (sulfide) groups is 1. The van der Waals surface area contributed by atoms with Crippen LogP contribution in [0.5, 0.6) is 0 Å².